The van der Waals surface area contributed by atoms with Gasteiger partial charge in [0.1, 0.15) is 5.75 Å². The van der Waals surface area contributed by atoms with Crippen LogP contribution in [0, 0.1) is 0 Å². The molecule has 0 radical (unpaired) electrons. The van der Waals surface area contributed by atoms with Gasteiger partial charge in [-0.2, -0.15) is 4.31 Å². The number of benzene rings is 2. The summed E-state index contributed by atoms with van der Waals surface area (Å²) in [6.45, 7) is -0.256. The van der Waals surface area contributed by atoms with Crippen molar-refractivity contribution in [2.75, 3.05) is 19.0 Å². The molecule has 2 aromatic carbocycles. The number of nitrogens with zero attached hydrogens (tertiary/aromatic N) is 1. The molecule has 8 heteroatoms. The number of hydrogen-bond acceptors (Lipinski definition) is 4. The van der Waals surface area contributed by atoms with Gasteiger partial charge in [0.2, 0.25) is 15.9 Å². The fourth-order valence-electron chi connectivity index (χ4n) is 3.60. The van der Waals surface area contributed by atoms with Crippen molar-refractivity contribution in [1.29, 1.82) is 0 Å². The van der Waals surface area contributed by atoms with Crippen LogP contribution < -0.4 is 10.1 Å². The highest BCUT2D eigenvalue weighted by Crippen LogP contribution is 2.29. The quantitative estimate of drug-likeness (QED) is 0.701. The van der Waals surface area contributed by atoms with Crippen molar-refractivity contribution < 1.29 is 17.9 Å². The summed E-state index contributed by atoms with van der Waals surface area (Å²) in [5.74, 6) is 0.114. The van der Waals surface area contributed by atoms with Crippen LogP contribution in [0.2, 0.25) is 5.02 Å². The Labute approximate surface area is 176 Å². The van der Waals surface area contributed by atoms with E-state index in [4.69, 9.17) is 16.3 Å². The van der Waals surface area contributed by atoms with Crippen molar-refractivity contribution >= 4 is 33.2 Å². The van der Waals surface area contributed by atoms with Crippen LogP contribution in [0.1, 0.15) is 32.1 Å². The van der Waals surface area contributed by atoms with Crippen molar-refractivity contribution in [2.24, 2.45) is 0 Å². The summed E-state index contributed by atoms with van der Waals surface area (Å²) >= 11 is 5.91. The second-order valence-electron chi connectivity index (χ2n) is 7.04. The van der Waals surface area contributed by atoms with Crippen molar-refractivity contribution in [3.63, 3.8) is 0 Å². The number of nitrogens with one attached hydrogen (secondary N) is 1. The maximum atomic E-state index is 13.3. The monoisotopic (exact) mass is 436 g/mol. The molecule has 0 spiro atoms. The largest absolute Gasteiger partial charge is 0.495 e. The summed E-state index contributed by atoms with van der Waals surface area (Å²) in [6, 6.07) is 12.9. The molecule has 1 saturated carbocycles. The smallest absolute Gasteiger partial charge is 0.243 e. The molecule has 0 aliphatic heterocycles. The zero-order chi connectivity index (χ0) is 20.9. The van der Waals surface area contributed by atoms with Crippen LogP contribution in [0.25, 0.3) is 0 Å². The maximum Gasteiger partial charge on any atom is 0.243 e. The lowest BCUT2D eigenvalue weighted by Crippen LogP contribution is -2.45. The van der Waals surface area contributed by atoms with Crippen LogP contribution in [-0.4, -0.2) is 38.3 Å². The molecular weight excluding hydrogens is 412 g/mol. The number of para-hydroxylation sites is 2. The molecule has 3 rings (SSSR count). The standard InChI is InChI=1S/C21H25ClN2O4S/c1-28-20-10-6-5-9-19(20)23-21(25)15-24(17-7-3-2-4-8-17)29(26,27)18-13-11-16(22)12-14-18/h5-6,9-14,17H,2-4,7-8,15H2,1H3,(H,23,25). The predicted octanol–water partition coefficient (Wildman–Crippen LogP) is 4.31. The summed E-state index contributed by atoms with van der Waals surface area (Å²) in [7, 11) is -2.32. The lowest BCUT2D eigenvalue weighted by molar-refractivity contribution is -0.116. The molecular formula is C21H25ClN2O4S. The van der Waals surface area contributed by atoms with E-state index in [9.17, 15) is 13.2 Å². The number of anilines is 1. The van der Waals surface area contributed by atoms with Gasteiger partial charge >= 0.3 is 0 Å². The third-order valence-corrected chi connectivity index (χ3v) is 7.25. The highest BCUT2D eigenvalue weighted by molar-refractivity contribution is 7.89. The predicted molar refractivity (Wildman–Crippen MR) is 114 cm³/mol. The maximum absolute atomic E-state index is 13.3. The molecule has 0 saturated heterocycles. The van der Waals surface area contributed by atoms with E-state index in [2.05, 4.69) is 5.32 Å². The molecule has 1 aliphatic rings. The number of halogens is 1. The SMILES string of the molecule is COc1ccccc1NC(=O)CN(C1CCCCC1)S(=O)(=O)c1ccc(Cl)cc1. The Morgan fingerprint density at radius 2 is 1.76 bits per heavy atom. The molecule has 0 heterocycles. The first-order valence-corrected chi connectivity index (χ1v) is 11.4. The summed E-state index contributed by atoms with van der Waals surface area (Å²) in [5.41, 5.74) is 0.507. The van der Waals surface area contributed by atoms with Gasteiger partial charge in [0.25, 0.3) is 0 Å². The Bertz CT molecular complexity index is 941. The van der Waals surface area contributed by atoms with Gasteiger partial charge in [-0.3, -0.25) is 4.79 Å². The van der Waals surface area contributed by atoms with Gasteiger partial charge in [-0.1, -0.05) is 43.0 Å². The number of carbonyl (C=O) groups is 1. The van der Waals surface area contributed by atoms with E-state index in [0.29, 0.717) is 16.5 Å². The molecule has 0 atom stereocenters. The summed E-state index contributed by atoms with van der Waals surface area (Å²) in [5, 5.41) is 3.23. The normalized spacial score (nSPS) is 15.3. The average molecular weight is 437 g/mol. The fourth-order valence-corrected chi connectivity index (χ4v) is 5.37. The zero-order valence-corrected chi connectivity index (χ0v) is 17.9. The Morgan fingerprint density at radius 1 is 1.10 bits per heavy atom. The number of methoxy groups -OCH3 is 1. The Kier molecular flexibility index (Phi) is 7.16. The molecule has 0 aromatic heterocycles. The fraction of sp³-hybridized carbons (Fsp3) is 0.381. The van der Waals surface area contributed by atoms with E-state index in [1.807, 2.05) is 0 Å². The molecule has 0 unspecified atom stereocenters. The Balaban J connectivity index is 1.85. The molecule has 1 fully saturated rings. The molecule has 0 bridgehead atoms. The third-order valence-electron chi connectivity index (χ3n) is 5.08. The van der Waals surface area contributed by atoms with Crippen LogP contribution >= 0.6 is 11.6 Å². The third kappa shape index (κ3) is 5.29. The number of sulfonamides is 1. The summed E-state index contributed by atoms with van der Waals surface area (Å²) in [6.07, 6.45) is 4.47. The highest BCUT2D eigenvalue weighted by atomic mass is 35.5. The topological polar surface area (TPSA) is 75.7 Å². The van der Waals surface area contributed by atoms with E-state index in [-0.39, 0.29) is 17.5 Å². The van der Waals surface area contributed by atoms with Crippen molar-refractivity contribution in [3.05, 3.63) is 53.6 Å². The van der Waals surface area contributed by atoms with Gasteiger partial charge in [-0.05, 0) is 49.2 Å². The van der Waals surface area contributed by atoms with Gasteiger partial charge < -0.3 is 10.1 Å². The molecule has 1 aliphatic carbocycles. The van der Waals surface area contributed by atoms with Crippen LogP contribution in [0.15, 0.2) is 53.4 Å². The number of rotatable bonds is 7. The number of hydrogen-bond donors (Lipinski definition) is 1. The highest BCUT2D eigenvalue weighted by Gasteiger charge is 2.34. The van der Waals surface area contributed by atoms with Gasteiger partial charge in [-0.15, -0.1) is 0 Å². The minimum Gasteiger partial charge on any atom is -0.495 e. The van der Waals surface area contributed by atoms with Crippen LogP contribution in [0.5, 0.6) is 5.75 Å². The second-order valence-corrected chi connectivity index (χ2v) is 9.37. The van der Waals surface area contributed by atoms with Crippen LogP contribution in [0.4, 0.5) is 5.69 Å². The van der Waals surface area contributed by atoms with E-state index in [0.717, 1.165) is 32.1 Å². The number of carbonyl (C=O) groups excluding carboxylic acids is 1. The number of ether oxygens (including phenoxy) is 1. The first kappa shape index (κ1) is 21.6. The minimum atomic E-state index is -3.84. The van der Waals surface area contributed by atoms with Gasteiger partial charge in [0, 0.05) is 11.1 Å². The van der Waals surface area contributed by atoms with E-state index >= 15 is 0 Å². The van der Waals surface area contributed by atoms with Crippen LogP contribution in [0.3, 0.4) is 0 Å². The molecule has 156 valence electrons. The Hall–Kier alpha value is -2.09. The van der Waals surface area contributed by atoms with Crippen molar-refractivity contribution in [1.82, 2.24) is 4.31 Å². The second kappa shape index (κ2) is 9.61. The van der Waals surface area contributed by atoms with Gasteiger partial charge in [-0.25, -0.2) is 8.42 Å². The van der Waals surface area contributed by atoms with E-state index in [1.54, 1.807) is 36.4 Å². The van der Waals surface area contributed by atoms with Crippen LogP contribution in [-0.2, 0) is 14.8 Å². The Morgan fingerprint density at radius 3 is 2.41 bits per heavy atom. The lowest BCUT2D eigenvalue weighted by atomic mass is 9.95. The van der Waals surface area contributed by atoms with E-state index in [1.165, 1.54) is 23.5 Å². The summed E-state index contributed by atoms with van der Waals surface area (Å²) < 4.78 is 33.3. The first-order chi connectivity index (χ1) is 13.9. The first-order valence-electron chi connectivity index (χ1n) is 9.62. The molecule has 29 heavy (non-hydrogen) atoms. The van der Waals surface area contributed by atoms with Gasteiger partial charge in [0.15, 0.2) is 0 Å². The molecule has 6 nitrogen and oxygen atoms in total. The average Bonchev–Trinajstić information content (AvgIpc) is 2.73. The van der Waals surface area contributed by atoms with Gasteiger partial charge in [0.05, 0.1) is 24.2 Å². The van der Waals surface area contributed by atoms with E-state index < -0.39 is 15.9 Å². The molecule has 1 N–H and O–H groups in total. The zero-order valence-electron chi connectivity index (χ0n) is 16.3. The number of amides is 1. The van der Waals surface area contributed by atoms with Crippen molar-refractivity contribution in [3.8, 4) is 5.75 Å². The van der Waals surface area contributed by atoms with Crippen molar-refractivity contribution in [2.45, 2.75) is 43.0 Å². The summed E-state index contributed by atoms with van der Waals surface area (Å²) in [4.78, 5) is 12.9. The minimum absolute atomic E-state index is 0.137. The molecule has 2 aromatic rings. The molecule has 1 amide bonds. The lowest BCUT2D eigenvalue weighted by Gasteiger charge is -2.33.